The van der Waals surface area contributed by atoms with Crippen LogP contribution in [0.3, 0.4) is 0 Å². The van der Waals surface area contributed by atoms with Gasteiger partial charge in [-0.2, -0.15) is 5.26 Å². The third-order valence-electron chi connectivity index (χ3n) is 4.76. The number of hydrogen-bond donors (Lipinski definition) is 2. The van der Waals surface area contributed by atoms with Crippen LogP contribution >= 0.6 is 0 Å². The number of aryl methyl sites for hydroxylation is 2. The van der Waals surface area contributed by atoms with Crippen LogP contribution in [0.1, 0.15) is 35.4 Å². The lowest BCUT2D eigenvalue weighted by molar-refractivity contribution is 0.670. The number of nitrogen functional groups attached to an aromatic ring is 1. The molecule has 0 unspecified atom stereocenters. The summed E-state index contributed by atoms with van der Waals surface area (Å²) < 4.78 is 0. The Morgan fingerprint density at radius 1 is 1.17 bits per heavy atom. The minimum absolute atomic E-state index is 0.354. The summed E-state index contributed by atoms with van der Waals surface area (Å²) in [5.74, 6) is 0.354. The van der Waals surface area contributed by atoms with E-state index < -0.39 is 0 Å². The first-order valence-electron chi connectivity index (χ1n) is 7.99. The van der Waals surface area contributed by atoms with Gasteiger partial charge in [0, 0.05) is 33.4 Å². The summed E-state index contributed by atoms with van der Waals surface area (Å²) in [6.07, 6.45) is 4.18. The standard InChI is InChI=1S/C19H18N4/c1-11-17(12-6-2-4-8-15(12)22-11)18-13-7-3-5-9-16(13)23-19(21)14(18)10-20/h2,4,6,8,22H,3,5,7,9H2,1H3,(H2,21,23). The zero-order valence-corrected chi connectivity index (χ0v) is 13.1. The topological polar surface area (TPSA) is 78.5 Å². The van der Waals surface area contributed by atoms with Crippen LogP contribution in [-0.4, -0.2) is 9.97 Å². The number of benzene rings is 1. The van der Waals surface area contributed by atoms with E-state index in [9.17, 15) is 5.26 Å². The number of rotatable bonds is 1. The molecule has 0 atom stereocenters. The Hall–Kier alpha value is -2.80. The lowest BCUT2D eigenvalue weighted by Crippen LogP contribution is -2.12. The van der Waals surface area contributed by atoms with Crippen LogP contribution in [0.5, 0.6) is 0 Å². The molecular weight excluding hydrogens is 284 g/mol. The third-order valence-corrected chi connectivity index (χ3v) is 4.76. The summed E-state index contributed by atoms with van der Waals surface area (Å²) in [5, 5.41) is 10.8. The molecule has 2 aromatic heterocycles. The van der Waals surface area contributed by atoms with Crippen LogP contribution < -0.4 is 5.73 Å². The Bertz CT molecular complexity index is 960. The zero-order chi connectivity index (χ0) is 16.0. The molecule has 0 aliphatic heterocycles. The van der Waals surface area contributed by atoms with E-state index in [-0.39, 0.29) is 0 Å². The SMILES string of the molecule is Cc1[nH]c2ccccc2c1-c1c(C#N)c(N)nc2c1CCCC2. The van der Waals surface area contributed by atoms with E-state index in [1.54, 1.807) is 0 Å². The number of fused-ring (bicyclic) bond motifs is 2. The summed E-state index contributed by atoms with van der Waals surface area (Å²) >= 11 is 0. The Kier molecular flexibility index (Phi) is 3.09. The molecule has 2 heterocycles. The summed E-state index contributed by atoms with van der Waals surface area (Å²) in [4.78, 5) is 7.94. The van der Waals surface area contributed by atoms with Gasteiger partial charge in [-0.15, -0.1) is 0 Å². The van der Waals surface area contributed by atoms with E-state index in [0.717, 1.165) is 59.1 Å². The highest BCUT2D eigenvalue weighted by Gasteiger charge is 2.24. The van der Waals surface area contributed by atoms with Crippen molar-refractivity contribution in [1.82, 2.24) is 9.97 Å². The summed E-state index contributed by atoms with van der Waals surface area (Å²) in [5.41, 5.74) is 13.1. The van der Waals surface area contributed by atoms with Crippen molar-refractivity contribution in [3.63, 3.8) is 0 Å². The molecule has 0 saturated heterocycles. The second-order valence-corrected chi connectivity index (χ2v) is 6.16. The zero-order valence-electron chi connectivity index (χ0n) is 13.1. The molecule has 0 fully saturated rings. The Morgan fingerprint density at radius 3 is 2.78 bits per heavy atom. The van der Waals surface area contributed by atoms with Crippen LogP contribution in [0.4, 0.5) is 5.82 Å². The van der Waals surface area contributed by atoms with Crippen LogP contribution in [0.15, 0.2) is 24.3 Å². The first-order chi connectivity index (χ1) is 11.2. The van der Waals surface area contributed by atoms with E-state index in [1.165, 1.54) is 5.56 Å². The number of para-hydroxylation sites is 1. The molecule has 1 aromatic carbocycles. The molecule has 0 amide bonds. The predicted molar refractivity (Wildman–Crippen MR) is 92.0 cm³/mol. The molecule has 0 radical (unpaired) electrons. The lowest BCUT2D eigenvalue weighted by Gasteiger charge is -2.21. The van der Waals surface area contributed by atoms with Gasteiger partial charge in [-0.25, -0.2) is 4.98 Å². The molecule has 3 N–H and O–H groups in total. The van der Waals surface area contributed by atoms with Gasteiger partial charge < -0.3 is 10.7 Å². The molecule has 0 bridgehead atoms. The van der Waals surface area contributed by atoms with Gasteiger partial charge in [0.05, 0.1) is 0 Å². The molecular formula is C19H18N4. The van der Waals surface area contributed by atoms with Gasteiger partial charge in [0.15, 0.2) is 0 Å². The number of nitrogens with two attached hydrogens (primary N) is 1. The highest BCUT2D eigenvalue weighted by molar-refractivity contribution is 6.00. The van der Waals surface area contributed by atoms with Crippen LogP contribution in [0.25, 0.3) is 22.0 Å². The average molecular weight is 302 g/mol. The van der Waals surface area contributed by atoms with E-state index in [1.807, 2.05) is 12.1 Å². The van der Waals surface area contributed by atoms with Crippen LogP contribution in [0.2, 0.25) is 0 Å². The molecule has 23 heavy (non-hydrogen) atoms. The number of aromatic amines is 1. The molecule has 1 aliphatic carbocycles. The van der Waals surface area contributed by atoms with Gasteiger partial charge in [-0.05, 0) is 44.2 Å². The van der Waals surface area contributed by atoms with Crippen LogP contribution in [0, 0.1) is 18.3 Å². The van der Waals surface area contributed by atoms with E-state index in [2.05, 4.69) is 35.1 Å². The molecule has 4 rings (SSSR count). The van der Waals surface area contributed by atoms with Crippen molar-refractivity contribution in [3.05, 3.63) is 46.8 Å². The second kappa shape index (κ2) is 5.13. The smallest absolute Gasteiger partial charge is 0.142 e. The molecule has 0 spiro atoms. The van der Waals surface area contributed by atoms with Gasteiger partial charge in [0.25, 0.3) is 0 Å². The number of nitrogens with zero attached hydrogens (tertiary/aromatic N) is 2. The van der Waals surface area contributed by atoms with Crippen molar-refractivity contribution in [2.24, 2.45) is 0 Å². The minimum atomic E-state index is 0.354. The summed E-state index contributed by atoms with van der Waals surface area (Å²) in [6, 6.07) is 10.5. The van der Waals surface area contributed by atoms with Crippen molar-refractivity contribution < 1.29 is 0 Å². The quantitative estimate of drug-likeness (QED) is 0.716. The number of H-pyrrole nitrogens is 1. The maximum Gasteiger partial charge on any atom is 0.142 e. The molecule has 4 nitrogen and oxygen atoms in total. The maximum atomic E-state index is 9.68. The fraction of sp³-hybridized carbons (Fsp3) is 0.263. The number of nitrogens with one attached hydrogen (secondary N) is 1. The molecule has 3 aromatic rings. The van der Waals surface area contributed by atoms with E-state index >= 15 is 0 Å². The van der Waals surface area contributed by atoms with Gasteiger partial charge in [0.1, 0.15) is 17.5 Å². The molecule has 1 aliphatic rings. The first-order valence-corrected chi connectivity index (χ1v) is 7.99. The average Bonchev–Trinajstić information content (AvgIpc) is 2.89. The van der Waals surface area contributed by atoms with E-state index in [0.29, 0.717) is 11.4 Å². The predicted octanol–water partition coefficient (Wildman–Crippen LogP) is 3.87. The lowest BCUT2D eigenvalue weighted by atomic mass is 9.85. The molecule has 0 saturated carbocycles. The third kappa shape index (κ3) is 2.01. The molecule has 4 heteroatoms. The Morgan fingerprint density at radius 2 is 1.96 bits per heavy atom. The van der Waals surface area contributed by atoms with Crippen molar-refractivity contribution >= 4 is 16.7 Å². The second-order valence-electron chi connectivity index (χ2n) is 6.16. The van der Waals surface area contributed by atoms with Gasteiger partial charge >= 0.3 is 0 Å². The maximum absolute atomic E-state index is 9.68. The van der Waals surface area contributed by atoms with Crippen molar-refractivity contribution in [2.45, 2.75) is 32.6 Å². The Balaban J connectivity index is 2.14. The van der Waals surface area contributed by atoms with Crippen molar-refractivity contribution in [3.8, 4) is 17.2 Å². The Labute approximate surface area is 135 Å². The number of nitriles is 1. The summed E-state index contributed by atoms with van der Waals surface area (Å²) in [7, 11) is 0. The largest absolute Gasteiger partial charge is 0.383 e. The number of aromatic nitrogens is 2. The fourth-order valence-electron chi connectivity index (χ4n) is 3.75. The van der Waals surface area contributed by atoms with Gasteiger partial charge in [-0.3, -0.25) is 0 Å². The van der Waals surface area contributed by atoms with Crippen molar-refractivity contribution in [2.75, 3.05) is 5.73 Å². The first kappa shape index (κ1) is 13.8. The minimum Gasteiger partial charge on any atom is -0.383 e. The van der Waals surface area contributed by atoms with Crippen molar-refractivity contribution in [1.29, 1.82) is 5.26 Å². The number of pyridine rings is 1. The fourth-order valence-corrected chi connectivity index (χ4v) is 3.75. The number of hydrogen-bond acceptors (Lipinski definition) is 3. The van der Waals surface area contributed by atoms with Gasteiger partial charge in [0.2, 0.25) is 0 Å². The normalized spacial score (nSPS) is 13.7. The monoisotopic (exact) mass is 302 g/mol. The highest BCUT2D eigenvalue weighted by atomic mass is 14.9. The van der Waals surface area contributed by atoms with Gasteiger partial charge in [-0.1, -0.05) is 18.2 Å². The number of anilines is 1. The van der Waals surface area contributed by atoms with E-state index in [4.69, 9.17) is 5.73 Å². The highest BCUT2D eigenvalue weighted by Crippen LogP contribution is 2.40. The van der Waals surface area contributed by atoms with Crippen LogP contribution in [-0.2, 0) is 12.8 Å². The molecule has 114 valence electrons. The summed E-state index contributed by atoms with van der Waals surface area (Å²) in [6.45, 7) is 2.06.